The molecule has 7 nitrogen and oxygen atoms in total. The number of benzene rings is 1. The molecule has 1 aromatic rings. The standard InChI is InChI=1S/C22H34N2O5Si2/c1-22(19(26)28-2)17(18(25)24(22)21(30(3,4)5)31(6,7)8)23-16(14-29-20(23)27)15-12-10-9-11-13-15/h9-13,16-17,21H,14H2,1-8H3/t16-,17-,22+/m1/s1. The maximum absolute atomic E-state index is 13.8. The van der Waals surface area contributed by atoms with Gasteiger partial charge in [-0.05, 0) is 12.5 Å². The molecule has 2 amide bonds. The lowest BCUT2D eigenvalue weighted by atomic mass is 9.78. The van der Waals surface area contributed by atoms with Crippen LogP contribution in [0.25, 0.3) is 0 Å². The van der Waals surface area contributed by atoms with E-state index in [-0.39, 0.29) is 17.8 Å². The second-order valence-electron chi connectivity index (χ2n) is 10.8. The maximum Gasteiger partial charge on any atom is 0.411 e. The number of hydrogen-bond acceptors (Lipinski definition) is 5. The van der Waals surface area contributed by atoms with E-state index in [2.05, 4.69) is 39.3 Å². The fraction of sp³-hybridized carbons (Fsp3) is 0.591. The van der Waals surface area contributed by atoms with Crippen molar-refractivity contribution in [1.29, 1.82) is 0 Å². The Morgan fingerprint density at radius 3 is 2.13 bits per heavy atom. The zero-order valence-electron chi connectivity index (χ0n) is 19.8. The fourth-order valence-electron chi connectivity index (χ4n) is 5.59. The number of carbonyl (C=O) groups excluding carboxylic acids is 3. The molecule has 0 saturated carbocycles. The van der Waals surface area contributed by atoms with Gasteiger partial charge in [-0.3, -0.25) is 9.69 Å². The van der Waals surface area contributed by atoms with Crippen LogP contribution in [0.5, 0.6) is 0 Å². The number of methoxy groups -OCH3 is 1. The van der Waals surface area contributed by atoms with E-state index in [4.69, 9.17) is 9.47 Å². The molecule has 3 atom stereocenters. The van der Waals surface area contributed by atoms with E-state index in [9.17, 15) is 14.4 Å². The van der Waals surface area contributed by atoms with Gasteiger partial charge in [0.1, 0.15) is 12.6 Å². The number of nitrogens with zero attached hydrogens (tertiary/aromatic N) is 2. The van der Waals surface area contributed by atoms with Gasteiger partial charge >= 0.3 is 12.1 Å². The third-order valence-corrected chi connectivity index (χ3v) is 15.4. The predicted octanol–water partition coefficient (Wildman–Crippen LogP) is 3.45. The molecular weight excluding hydrogens is 428 g/mol. The van der Waals surface area contributed by atoms with Gasteiger partial charge in [0.05, 0.1) is 29.3 Å². The third-order valence-electron chi connectivity index (χ3n) is 6.38. The third kappa shape index (κ3) is 3.71. The van der Waals surface area contributed by atoms with Crippen molar-refractivity contribution in [3.05, 3.63) is 35.9 Å². The average Bonchev–Trinajstić information content (AvgIpc) is 3.04. The summed E-state index contributed by atoms with van der Waals surface area (Å²) in [6.45, 7) is 15.3. The lowest BCUT2D eigenvalue weighted by molar-refractivity contribution is -0.188. The van der Waals surface area contributed by atoms with Crippen LogP contribution in [0, 0.1) is 0 Å². The Hall–Kier alpha value is -2.14. The Labute approximate surface area is 186 Å². The van der Waals surface area contributed by atoms with Crippen molar-refractivity contribution >= 4 is 34.1 Å². The first-order chi connectivity index (χ1) is 14.3. The number of cyclic esters (lactones) is 1. The maximum atomic E-state index is 13.8. The van der Waals surface area contributed by atoms with Crippen molar-refractivity contribution in [2.45, 2.75) is 69.1 Å². The van der Waals surface area contributed by atoms with Gasteiger partial charge in [-0.25, -0.2) is 9.59 Å². The van der Waals surface area contributed by atoms with E-state index in [1.54, 1.807) is 11.8 Å². The molecule has 0 aromatic heterocycles. The van der Waals surface area contributed by atoms with Gasteiger partial charge in [-0.1, -0.05) is 69.6 Å². The average molecular weight is 463 g/mol. The SMILES string of the molecule is COC(=O)[C@]1(C)[C@H](N2C(=O)OC[C@@H]2c2ccccc2)C(=O)N1C([Si](C)(C)C)[Si](C)(C)C. The van der Waals surface area contributed by atoms with Crippen LogP contribution in [0.3, 0.4) is 0 Å². The minimum atomic E-state index is -1.89. The number of β-lactam (4-membered cyclic amide) rings is 1. The molecule has 0 radical (unpaired) electrons. The first-order valence-corrected chi connectivity index (χ1v) is 17.8. The van der Waals surface area contributed by atoms with Gasteiger partial charge in [-0.2, -0.15) is 0 Å². The zero-order chi connectivity index (χ0) is 23.4. The summed E-state index contributed by atoms with van der Waals surface area (Å²) < 4.78 is 10.6. The lowest BCUT2D eigenvalue weighted by Crippen LogP contribution is -2.87. The molecule has 2 aliphatic heterocycles. The molecule has 2 heterocycles. The summed E-state index contributed by atoms with van der Waals surface area (Å²) in [6.07, 6.45) is -0.570. The molecule has 0 bridgehead atoms. The molecule has 2 aliphatic rings. The largest absolute Gasteiger partial charge is 0.467 e. The van der Waals surface area contributed by atoms with Gasteiger partial charge < -0.3 is 14.4 Å². The highest BCUT2D eigenvalue weighted by atomic mass is 28.4. The van der Waals surface area contributed by atoms with E-state index in [1.165, 1.54) is 12.0 Å². The summed E-state index contributed by atoms with van der Waals surface area (Å²) in [5.41, 5.74) is -0.383. The number of amides is 2. The van der Waals surface area contributed by atoms with Crippen molar-refractivity contribution < 1.29 is 23.9 Å². The minimum Gasteiger partial charge on any atom is -0.467 e. The molecule has 9 heteroatoms. The summed E-state index contributed by atoms with van der Waals surface area (Å²) in [5.74, 6) is -0.687. The smallest absolute Gasteiger partial charge is 0.411 e. The van der Waals surface area contributed by atoms with Gasteiger partial charge in [0.25, 0.3) is 0 Å². The first-order valence-electron chi connectivity index (χ1n) is 10.7. The highest BCUT2D eigenvalue weighted by molar-refractivity contribution is 6.96. The topological polar surface area (TPSA) is 76.1 Å². The Morgan fingerprint density at radius 2 is 1.65 bits per heavy atom. The Bertz CT molecular complexity index is 866. The number of ether oxygens (including phenoxy) is 2. The van der Waals surface area contributed by atoms with Crippen LogP contribution in [0.4, 0.5) is 4.79 Å². The van der Waals surface area contributed by atoms with Crippen LogP contribution >= 0.6 is 0 Å². The Morgan fingerprint density at radius 1 is 1.10 bits per heavy atom. The molecule has 1 aromatic carbocycles. The van der Waals surface area contributed by atoms with Crippen LogP contribution in [0.1, 0.15) is 18.5 Å². The first kappa shape index (κ1) is 23.5. The summed E-state index contributed by atoms with van der Waals surface area (Å²) in [4.78, 5) is 43.0. The molecule has 31 heavy (non-hydrogen) atoms. The minimum absolute atomic E-state index is 0.0154. The quantitative estimate of drug-likeness (QED) is 0.368. The number of esters is 1. The van der Waals surface area contributed by atoms with Crippen molar-refractivity contribution in [3.8, 4) is 0 Å². The predicted molar refractivity (Wildman–Crippen MR) is 124 cm³/mol. The number of likely N-dealkylation sites (tertiary alicyclic amines) is 1. The molecular formula is C22H34N2O5Si2. The fourth-order valence-corrected chi connectivity index (χ4v) is 18.3. The second-order valence-corrected chi connectivity index (χ2v) is 21.9. The summed E-state index contributed by atoms with van der Waals surface area (Å²) in [6, 6.07) is 8.11. The lowest BCUT2D eigenvalue weighted by Gasteiger charge is -2.62. The molecule has 0 aliphatic carbocycles. The molecule has 170 valence electrons. The van der Waals surface area contributed by atoms with Crippen molar-refractivity contribution in [3.63, 3.8) is 0 Å². The van der Waals surface area contributed by atoms with Crippen LogP contribution in [0.2, 0.25) is 39.3 Å². The van der Waals surface area contributed by atoms with E-state index < -0.39 is 45.8 Å². The molecule has 2 saturated heterocycles. The Kier molecular flexibility index (Phi) is 5.90. The van der Waals surface area contributed by atoms with Crippen molar-refractivity contribution in [1.82, 2.24) is 9.80 Å². The summed E-state index contributed by atoms with van der Waals surface area (Å²) in [5, 5.41) is 0.0154. The molecule has 0 unspecified atom stereocenters. The number of hydrogen-bond donors (Lipinski definition) is 0. The molecule has 2 fully saturated rings. The van der Waals surface area contributed by atoms with Gasteiger partial charge in [0.15, 0.2) is 5.54 Å². The van der Waals surface area contributed by atoms with E-state index in [0.717, 1.165) is 5.56 Å². The van der Waals surface area contributed by atoms with Crippen LogP contribution in [0.15, 0.2) is 30.3 Å². The highest BCUT2D eigenvalue weighted by Crippen LogP contribution is 2.46. The van der Waals surface area contributed by atoms with Crippen LogP contribution in [-0.2, 0) is 19.1 Å². The zero-order valence-corrected chi connectivity index (χ0v) is 21.8. The van der Waals surface area contributed by atoms with Crippen molar-refractivity contribution in [2.24, 2.45) is 0 Å². The van der Waals surface area contributed by atoms with Gasteiger partial charge in [0.2, 0.25) is 5.91 Å². The molecule has 0 N–H and O–H groups in total. The Balaban J connectivity index is 2.10. The van der Waals surface area contributed by atoms with Gasteiger partial charge in [0, 0.05) is 5.29 Å². The van der Waals surface area contributed by atoms with Gasteiger partial charge in [-0.15, -0.1) is 0 Å². The van der Waals surface area contributed by atoms with E-state index in [0.29, 0.717) is 0 Å². The number of carbonyl (C=O) groups is 3. The van der Waals surface area contributed by atoms with Crippen LogP contribution < -0.4 is 0 Å². The van der Waals surface area contributed by atoms with E-state index >= 15 is 0 Å². The molecule has 3 rings (SSSR count). The summed E-state index contributed by atoms with van der Waals surface area (Å²) >= 11 is 0. The second kappa shape index (κ2) is 7.77. The van der Waals surface area contributed by atoms with Crippen LogP contribution in [-0.4, -0.2) is 74.5 Å². The van der Waals surface area contributed by atoms with Crippen molar-refractivity contribution in [2.75, 3.05) is 13.7 Å². The van der Waals surface area contributed by atoms with E-state index in [1.807, 2.05) is 30.3 Å². The number of rotatable bonds is 6. The molecule has 0 spiro atoms. The normalized spacial score (nSPS) is 26.7. The summed E-state index contributed by atoms with van der Waals surface area (Å²) in [7, 11) is -2.44. The highest BCUT2D eigenvalue weighted by Gasteiger charge is 2.71. The monoisotopic (exact) mass is 462 g/mol.